The van der Waals surface area contributed by atoms with E-state index < -0.39 is 5.97 Å². The van der Waals surface area contributed by atoms with Gasteiger partial charge in [-0.3, -0.25) is 4.79 Å². The smallest absolute Gasteiger partial charge is 0.337 e. The second-order valence-electron chi connectivity index (χ2n) is 5.41. The van der Waals surface area contributed by atoms with Gasteiger partial charge in [0.1, 0.15) is 0 Å². The third-order valence-electron chi connectivity index (χ3n) is 4.34. The number of esters is 1. The van der Waals surface area contributed by atoms with Gasteiger partial charge in [-0.25, -0.2) is 4.79 Å². The van der Waals surface area contributed by atoms with Gasteiger partial charge in [-0.05, 0) is 42.0 Å². The van der Waals surface area contributed by atoms with Gasteiger partial charge < -0.3 is 10.1 Å². The van der Waals surface area contributed by atoms with Crippen LogP contribution in [0.4, 0.5) is 5.69 Å². The van der Waals surface area contributed by atoms with Gasteiger partial charge in [0.15, 0.2) is 0 Å². The molecular weight excluding hydrogens is 254 g/mol. The highest BCUT2D eigenvalue weighted by Crippen LogP contribution is 2.46. The molecular formula is C16H17NO3. The van der Waals surface area contributed by atoms with E-state index >= 15 is 0 Å². The molecule has 20 heavy (non-hydrogen) atoms. The predicted octanol–water partition coefficient (Wildman–Crippen LogP) is 2.71. The first-order chi connectivity index (χ1) is 9.61. The number of amides is 1. The van der Waals surface area contributed by atoms with Gasteiger partial charge in [0.2, 0.25) is 5.91 Å². The monoisotopic (exact) mass is 271 g/mol. The van der Waals surface area contributed by atoms with Crippen LogP contribution in [0, 0.1) is 5.92 Å². The Morgan fingerprint density at radius 1 is 1.35 bits per heavy atom. The average molecular weight is 271 g/mol. The molecule has 0 aromatic heterocycles. The first-order valence-corrected chi connectivity index (χ1v) is 6.84. The van der Waals surface area contributed by atoms with Gasteiger partial charge in [-0.1, -0.05) is 19.1 Å². The van der Waals surface area contributed by atoms with E-state index in [0.717, 1.165) is 36.1 Å². The van der Waals surface area contributed by atoms with Gasteiger partial charge in [-0.15, -0.1) is 0 Å². The largest absolute Gasteiger partial charge is 0.465 e. The SMILES string of the molecule is C=C(C(=O)OC)c1ccc2c(c1)C1CCCC1C(=O)N2. The topological polar surface area (TPSA) is 55.4 Å². The summed E-state index contributed by atoms with van der Waals surface area (Å²) in [7, 11) is 1.35. The van der Waals surface area contributed by atoms with E-state index in [0.29, 0.717) is 5.57 Å². The number of nitrogens with one attached hydrogen (secondary N) is 1. The molecule has 1 fully saturated rings. The second-order valence-corrected chi connectivity index (χ2v) is 5.41. The molecule has 1 aliphatic carbocycles. The molecule has 2 atom stereocenters. The molecule has 4 heteroatoms. The molecule has 0 spiro atoms. The molecule has 0 radical (unpaired) electrons. The van der Waals surface area contributed by atoms with Crippen molar-refractivity contribution in [1.82, 2.24) is 0 Å². The normalized spacial score (nSPS) is 23.6. The number of hydrogen-bond acceptors (Lipinski definition) is 3. The van der Waals surface area contributed by atoms with Crippen molar-refractivity contribution in [3.8, 4) is 0 Å². The first kappa shape index (κ1) is 12.9. The summed E-state index contributed by atoms with van der Waals surface area (Å²) < 4.78 is 4.71. The fraction of sp³-hybridized carbons (Fsp3) is 0.375. The fourth-order valence-electron chi connectivity index (χ4n) is 3.28. The molecule has 3 rings (SSSR count). The van der Waals surface area contributed by atoms with Crippen LogP contribution in [0.5, 0.6) is 0 Å². The Bertz CT molecular complexity index is 606. The van der Waals surface area contributed by atoms with Gasteiger partial charge in [0.05, 0.1) is 12.7 Å². The highest BCUT2D eigenvalue weighted by molar-refractivity contribution is 6.15. The minimum Gasteiger partial charge on any atom is -0.465 e. The fourth-order valence-corrected chi connectivity index (χ4v) is 3.28. The molecule has 2 aliphatic rings. The van der Waals surface area contributed by atoms with Crippen LogP contribution in [0.2, 0.25) is 0 Å². The predicted molar refractivity (Wildman–Crippen MR) is 76.2 cm³/mol. The lowest BCUT2D eigenvalue weighted by molar-refractivity contribution is -0.133. The van der Waals surface area contributed by atoms with Gasteiger partial charge in [0, 0.05) is 11.6 Å². The van der Waals surface area contributed by atoms with E-state index in [2.05, 4.69) is 11.9 Å². The number of anilines is 1. The Morgan fingerprint density at radius 2 is 2.10 bits per heavy atom. The quantitative estimate of drug-likeness (QED) is 0.664. The third kappa shape index (κ3) is 1.92. The van der Waals surface area contributed by atoms with Crippen LogP contribution in [0.25, 0.3) is 5.57 Å². The minimum absolute atomic E-state index is 0.0733. The highest BCUT2D eigenvalue weighted by Gasteiger charge is 2.39. The Hall–Kier alpha value is -2.10. The van der Waals surface area contributed by atoms with Crippen molar-refractivity contribution in [2.45, 2.75) is 25.2 Å². The summed E-state index contributed by atoms with van der Waals surface area (Å²) in [5, 5.41) is 2.96. The van der Waals surface area contributed by atoms with Gasteiger partial charge >= 0.3 is 5.97 Å². The Morgan fingerprint density at radius 3 is 2.85 bits per heavy atom. The second kappa shape index (κ2) is 4.78. The summed E-state index contributed by atoms with van der Waals surface area (Å²) in [4.78, 5) is 23.6. The first-order valence-electron chi connectivity index (χ1n) is 6.84. The Balaban J connectivity index is 2.00. The third-order valence-corrected chi connectivity index (χ3v) is 4.34. The number of carbonyl (C=O) groups is 2. The molecule has 1 aliphatic heterocycles. The Kier molecular flexibility index (Phi) is 3.08. The van der Waals surface area contributed by atoms with Crippen LogP contribution >= 0.6 is 0 Å². The minimum atomic E-state index is -0.423. The van der Waals surface area contributed by atoms with Gasteiger partial charge in [-0.2, -0.15) is 0 Å². The molecule has 1 heterocycles. The van der Waals surface area contributed by atoms with Crippen molar-refractivity contribution >= 4 is 23.1 Å². The molecule has 1 N–H and O–H groups in total. The van der Waals surface area contributed by atoms with Crippen molar-refractivity contribution in [1.29, 1.82) is 0 Å². The molecule has 1 aromatic rings. The van der Waals surface area contributed by atoms with Crippen LogP contribution < -0.4 is 5.32 Å². The van der Waals surface area contributed by atoms with E-state index in [1.54, 1.807) is 6.07 Å². The molecule has 104 valence electrons. The maximum absolute atomic E-state index is 12.0. The summed E-state index contributed by atoms with van der Waals surface area (Å²) in [6.07, 6.45) is 3.04. The average Bonchev–Trinajstić information content (AvgIpc) is 2.96. The number of fused-ring (bicyclic) bond motifs is 3. The van der Waals surface area contributed by atoms with E-state index in [9.17, 15) is 9.59 Å². The molecule has 1 amide bonds. The van der Waals surface area contributed by atoms with Gasteiger partial charge in [0.25, 0.3) is 0 Å². The number of rotatable bonds is 2. The zero-order valence-electron chi connectivity index (χ0n) is 11.4. The number of methoxy groups -OCH3 is 1. The van der Waals surface area contributed by atoms with E-state index in [4.69, 9.17) is 4.74 Å². The zero-order chi connectivity index (χ0) is 14.3. The molecule has 0 saturated heterocycles. The van der Waals surface area contributed by atoms with Crippen LogP contribution in [0.1, 0.15) is 36.3 Å². The van der Waals surface area contributed by atoms with E-state index in [-0.39, 0.29) is 17.7 Å². The summed E-state index contributed by atoms with van der Waals surface area (Å²) >= 11 is 0. The molecule has 0 bridgehead atoms. The maximum Gasteiger partial charge on any atom is 0.337 e. The van der Waals surface area contributed by atoms with Crippen molar-refractivity contribution < 1.29 is 14.3 Å². The summed E-state index contributed by atoms with van der Waals surface area (Å²) in [6, 6.07) is 5.62. The number of carbonyl (C=O) groups excluding carboxylic acids is 2. The molecule has 1 aromatic carbocycles. The Labute approximate surface area is 117 Å². The lowest BCUT2D eigenvalue weighted by Crippen LogP contribution is -2.30. The summed E-state index contributed by atoms with van der Waals surface area (Å²) in [5.74, 6) is 0.0422. The van der Waals surface area contributed by atoms with Crippen LogP contribution in [-0.4, -0.2) is 19.0 Å². The van der Waals surface area contributed by atoms with Crippen molar-refractivity contribution in [3.63, 3.8) is 0 Å². The van der Waals surface area contributed by atoms with E-state index in [1.165, 1.54) is 7.11 Å². The van der Waals surface area contributed by atoms with Crippen molar-refractivity contribution in [2.75, 3.05) is 12.4 Å². The summed E-state index contributed by atoms with van der Waals surface area (Å²) in [6.45, 7) is 3.78. The van der Waals surface area contributed by atoms with Crippen molar-refractivity contribution in [3.05, 3.63) is 35.9 Å². The molecule has 4 nitrogen and oxygen atoms in total. The lowest BCUT2D eigenvalue weighted by atomic mass is 9.83. The molecule has 2 unspecified atom stereocenters. The number of ether oxygens (including phenoxy) is 1. The van der Waals surface area contributed by atoms with Crippen LogP contribution in [0.15, 0.2) is 24.8 Å². The molecule has 1 saturated carbocycles. The number of hydrogen-bond donors (Lipinski definition) is 1. The van der Waals surface area contributed by atoms with Crippen LogP contribution in [0.3, 0.4) is 0 Å². The highest BCUT2D eigenvalue weighted by atomic mass is 16.5. The van der Waals surface area contributed by atoms with Crippen LogP contribution in [-0.2, 0) is 14.3 Å². The lowest BCUT2D eigenvalue weighted by Gasteiger charge is -2.28. The van der Waals surface area contributed by atoms with E-state index in [1.807, 2.05) is 12.1 Å². The van der Waals surface area contributed by atoms with Crippen molar-refractivity contribution in [2.24, 2.45) is 5.92 Å². The maximum atomic E-state index is 12.0. The number of benzene rings is 1. The zero-order valence-corrected chi connectivity index (χ0v) is 11.4. The standard InChI is InChI=1S/C16H17NO3/c1-9(16(19)20-2)10-6-7-14-13(8-10)11-4-3-5-12(11)15(18)17-14/h6-8,11-12H,1,3-5H2,2H3,(H,17,18). The summed E-state index contributed by atoms with van der Waals surface area (Å²) in [5.41, 5.74) is 3.09.